The van der Waals surface area contributed by atoms with Crippen molar-refractivity contribution in [2.75, 3.05) is 0 Å². The van der Waals surface area contributed by atoms with Gasteiger partial charge in [0, 0.05) is 17.8 Å². The lowest BCUT2D eigenvalue weighted by atomic mass is 10.0. The molecule has 0 N–H and O–H groups in total. The molecule has 1 atom stereocenters. The Bertz CT molecular complexity index is 1530. The minimum atomic E-state index is -4.78. The maximum absolute atomic E-state index is 13.1. The number of hydrogen-bond donors (Lipinski definition) is 0. The summed E-state index contributed by atoms with van der Waals surface area (Å²) >= 11 is 0. The lowest BCUT2D eigenvalue weighted by molar-refractivity contribution is -0.137. The summed E-state index contributed by atoms with van der Waals surface area (Å²) in [6.07, 6.45) is -4.78. The van der Waals surface area contributed by atoms with E-state index in [0.29, 0.717) is 23.0 Å². The van der Waals surface area contributed by atoms with Gasteiger partial charge in [0.1, 0.15) is 5.69 Å². The summed E-state index contributed by atoms with van der Waals surface area (Å²) < 4.78 is 66.4. The van der Waals surface area contributed by atoms with Crippen molar-refractivity contribution < 1.29 is 26.4 Å². The first-order valence-corrected chi connectivity index (χ1v) is 10.8. The Labute approximate surface area is 180 Å². The van der Waals surface area contributed by atoms with Gasteiger partial charge in [0.25, 0.3) is 0 Å². The highest BCUT2D eigenvalue weighted by Crippen LogP contribution is 2.32. The normalized spacial score (nSPS) is 13.2. The molecule has 0 saturated carbocycles. The molecule has 0 spiro atoms. The molecule has 4 aromatic rings. The van der Waals surface area contributed by atoms with E-state index >= 15 is 0 Å². The molecule has 0 amide bonds. The molecule has 1 aromatic heterocycles. The van der Waals surface area contributed by atoms with E-state index in [0.717, 1.165) is 22.9 Å². The standard InChI is InChI=1S/C22H14F3N3O3S/c1-28-20-16-8-3-2-5-13(16)9-10-17(20)19(27-28)21(29)18(12-26)32(30,31)15-7-4-6-14(11-15)22(23,24)25/h2-11,18H,1H3. The largest absolute Gasteiger partial charge is 0.416 e. The molecule has 0 saturated heterocycles. The van der Waals surface area contributed by atoms with E-state index in [1.165, 1.54) is 10.8 Å². The molecule has 0 aliphatic carbocycles. The van der Waals surface area contributed by atoms with Crippen LogP contribution < -0.4 is 0 Å². The molecule has 10 heteroatoms. The van der Waals surface area contributed by atoms with Crippen LogP contribution in [0.4, 0.5) is 13.2 Å². The maximum Gasteiger partial charge on any atom is 0.416 e. The van der Waals surface area contributed by atoms with E-state index in [1.54, 1.807) is 25.2 Å². The Balaban J connectivity index is 1.84. The molecular formula is C22H14F3N3O3S. The first kappa shape index (κ1) is 21.5. The zero-order chi connectivity index (χ0) is 23.3. The third kappa shape index (κ3) is 3.40. The average molecular weight is 457 g/mol. The Morgan fingerprint density at radius 1 is 1.06 bits per heavy atom. The Hall–Kier alpha value is -3.71. The van der Waals surface area contributed by atoms with Gasteiger partial charge in [0.05, 0.1) is 22.0 Å². The van der Waals surface area contributed by atoms with E-state index < -0.39 is 37.5 Å². The number of alkyl halides is 3. The van der Waals surface area contributed by atoms with Crippen LogP contribution in [0.25, 0.3) is 21.7 Å². The van der Waals surface area contributed by atoms with Crippen LogP contribution in [0.2, 0.25) is 0 Å². The molecule has 1 unspecified atom stereocenters. The van der Waals surface area contributed by atoms with Crippen LogP contribution in [0.5, 0.6) is 0 Å². The van der Waals surface area contributed by atoms with Crippen LogP contribution in [0, 0.1) is 11.3 Å². The third-order valence-corrected chi connectivity index (χ3v) is 6.97. The van der Waals surface area contributed by atoms with Gasteiger partial charge < -0.3 is 0 Å². The molecule has 0 fully saturated rings. The molecule has 0 aliphatic rings. The summed E-state index contributed by atoms with van der Waals surface area (Å²) in [6, 6.07) is 15.0. The Morgan fingerprint density at radius 2 is 1.78 bits per heavy atom. The van der Waals surface area contributed by atoms with Crippen LogP contribution in [0.3, 0.4) is 0 Å². The quantitative estimate of drug-likeness (QED) is 0.426. The Morgan fingerprint density at radius 3 is 2.47 bits per heavy atom. The second kappa shape index (κ2) is 7.46. The highest BCUT2D eigenvalue weighted by Gasteiger charge is 2.39. The molecule has 1 heterocycles. The van der Waals surface area contributed by atoms with Crippen molar-refractivity contribution in [2.24, 2.45) is 7.05 Å². The fourth-order valence-electron chi connectivity index (χ4n) is 3.61. The summed E-state index contributed by atoms with van der Waals surface area (Å²) in [5.74, 6) is -1.11. The average Bonchev–Trinajstić information content (AvgIpc) is 3.10. The SMILES string of the molecule is Cn1nc(C(=O)C(C#N)S(=O)(=O)c2cccc(C(F)(F)F)c2)c2ccc3ccccc3c21. The number of carbonyl (C=O) groups excluding carboxylic acids is 1. The van der Waals surface area contributed by atoms with Gasteiger partial charge in [-0.05, 0) is 29.7 Å². The monoisotopic (exact) mass is 457 g/mol. The molecule has 6 nitrogen and oxygen atoms in total. The van der Waals surface area contributed by atoms with Crippen LogP contribution in [-0.2, 0) is 23.1 Å². The Kier molecular flexibility index (Phi) is 5.02. The smallest absolute Gasteiger partial charge is 0.290 e. The van der Waals surface area contributed by atoms with Gasteiger partial charge >= 0.3 is 6.18 Å². The van der Waals surface area contributed by atoms with Gasteiger partial charge in [-0.3, -0.25) is 9.48 Å². The molecule has 0 bridgehead atoms. The van der Waals surface area contributed by atoms with Crippen LogP contribution >= 0.6 is 0 Å². The summed E-state index contributed by atoms with van der Waals surface area (Å²) in [5, 5.41) is 13.4. The number of nitrogens with zero attached hydrogens (tertiary/aromatic N) is 3. The first-order valence-electron chi connectivity index (χ1n) is 9.25. The number of hydrogen-bond acceptors (Lipinski definition) is 5. The van der Waals surface area contributed by atoms with Crippen molar-refractivity contribution in [3.63, 3.8) is 0 Å². The topological polar surface area (TPSA) is 92.8 Å². The molecule has 0 radical (unpaired) electrons. The van der Waals surface area contributed by atoms with E-state index in [2.05, 4.69) is 5.10 Å². The highest BCUT2D eigenvalue weighted by atomic mass is 32.2. The minimum Gasteiger partial charge on any atom is -0.290 e. The van der Waals surface area contributed by atoms with Crippen molar-refractivity contribution in [3.8, 4) is 6.07 Å². The number of ketones is 1. The van der Waals surface area contributed by atoms with Gasteiger partial charge in [-0.25, -0.2) is 8.42 Å². The number of Topliss-reactive ketones (excluding diaryl/α,β-unsaturated/α-hetero) is 1. The van der Waals surface area contributed by atoms with Gasteiger partial charge in [-0.2, -0.15) is 23.5 Å². The zero-order valence-electron chi connectivity index (χ0n) is 16.5. The number of carbonyl (C=O) groups is 1. The summed E-state index contributed by atoms with van der Waals surface area (Å²) in [4.78, 5) is 12.4. The van der Waals surface area contributed by atoms with Crippen molar-refractivity contribution in [3.05, 3.63) is 71.9 Å². The summed E-state index contributed by atoms with van der Waals surface area (Å²) in [5.41, 5.74) is -0.868. The third-order valence-electron chi connectivity index (χ3n) is 5.12. The predicted octanol–water partition coefficient (Wildman–Crippen LogP) is 4.29. The lowest BCUT2D eigenvalue weighted by Crippen LogP contribution is -2.30. The van der Waals surface area contributed by atoms with Crippen molar-refractivity contribution >= 4 is 37.3 Å². The van der Waals surface area contributed by atoms with Crippen LogP contribution in [-0.4, -0.2) is 29.2 Å². The van der Waals surface area contributed by atoms with Crippen LogP contribution in [0.1, 0.15) is 16.1 Å². The van der Waals surface area contributed by atoms with E-state index in [1.807, 2.05) is 18.2 Å². The van der Waals surface area contributed by atoms with Gasteiger partial charge in [-0.15, -0.1) is 0 Å². The fourth-order valence-corrected chi connectivity index (χ4v) is 4.97. The van der Waals surface area contributed by atoms with Gasteiger partial charge in [0.15, 0.2) is 0 Å². The lowest BCUT2D eigenvalue weighted by Gasteiger charge is -2.12. The number of halogens is 3. The van der Waals surface area contributed by atoms with Crippen molar-refractivity contribution in [2.45, 2.75) is 16.3 Å². The van der Waals surface area contributed by atoms with E-state index in [4.69, 9.17) is 0 Å². The molecule has 4 rings (SSSR count). The number of benzene rings is 3. The number of fused-ring (bicyclic) bond motifs is 3. The van der Waals surface area contributed by atoms with E-state index in [9.17, 15) is 31.6 Å². The van der Waals surface area contributed by atoms with E-state index in [-0.39, 0.29) is 5.69 Å². The number of rotatable bonds is 4. The number of sulfone groups is 1. The highest BCUT2D eigenvalue weighted by molar-refractivity contribution is 7.93. The number of nitriles is 1. The molecule has 32 heavy (non-hydrogen) atoms. The number of aryl methyl sites for hydroxylation is 1. The molecule has 0 aliphatic heterocycles. The number of aromatic nitrogens is 2. The van der Waals surface area contributed by atoms with Crippen LogP contribution in [0.15, 0.2) is 65.6 Å². The molecule has 162 valence electrons. The second-order valence-corrected chi connectivity index (χ2v) is 9.13. The van der Waals surface area contributed by atoms with Gasteiger partial charge in [-0.1, -0.05) is 36.4 Å². The predicted molar refractivity (Wildman–Crippen MR) is 111 cm³/mol. The van der Waals surface area contributed by atoms with Crippen molar-refractivity contribution in [1.29, 1.82) is 5.26 Å². The fraction of sp³-hybridized carbons (Fsp3) is 0.136. The second-order valence-electron chi connectivity index (χ2n) is 7.10. The molecular weight excluding hydrogens is 443 g/mol. The molecule has 3 aromatic carbocycles. The maximum atomic E-state index is 13.1. The zero-order valence-corrected chi connectivity index (χ0v) is 17.3. The summed E-state index contributed by atoms with van der Waals surface area (Å²) in [7, 11) is -3.17. The summed E-state index contributed by atoms with van der Waals surface area (Å²) in [6.45, 7) is 0. The first-order chi connectivity index (χ1) is 15.1. The van der Waals surface area contributed by atoms with Crippen molar-refractivity contribution in [1.82, 2.24) is 9.78 Å². The minimum absolute atomic E-state index is 0.240. The van der Waals surface area contributed by atoms with Gasteiger partial charge in [0.2, 0.25) is 20.9 Å².